The van der Waals surface area contributed by atoms with Crippen molar-refractivity contribution < 1.29 is 4.79 Å². The van der Waals surface area contributed by atoms with E-state index in [0.29, 0.717) is 12.4 Å². The molecule has 2 aliphatic carbocycles. The van der Waals surface area contributed by atoms with Gasteiger partial charge < -0.3 is 5.32 Å². The lowest BCUT2D eigenvalue weighted by atomic mass is 9.60. The standard InChI is InChI=1S/C24H32N2O/c1-5-16-26(19(4)25-6-2)23(27)22-18(3)21-13-9-8-12-20(21)17-24(22)14-10-7-11-15-24/h5,8-9,12-13,25H,1,4,6-7,10-11,14-17H2,2-3H3. The molecule has 27 heavy (non-hydrogen) atoms. The summed E-state index contributed by atoms with van der Waals surface area (Å²) in [6.07, 6.45) is 8.59. The third-order valence-electron chi connectivity index (χ3n) is 6.14. The van der Waals surface area contributed by atoms with Crippen molar-refractivity contribution in [3.63, 3.8) is 0 Å². The summed E-state index contributed by atoms with van der Waals surface area (Å²) in [5.41, 5.74) is 4.71. The first-order valence-electron chi connectivity index (χ1n) is 10.2. The lowest BCUT2D eigenvalue weighted by Gasteiger charge is -2.44. The fourth-order valence-corrected chi connectivity index (χ4v) is 4.95. The summed E-state index contributed by atoms with van der Waals surface area (Å²) in [5, 5.41) is 3.22. The molecule has 0 radical (unpaired) electrons. The lowest BCUT2D eigenvalue weighted by molar-refractivity contribution is -0.126. The fraction of sp³-hybridized carbons (Fsp3) is 0.458. The van der Waals surface area contributed by atoms with Crippen LogP contribution in [0, 0.1) is 5.41 Å². The maximum absolute atomic E-state index is 13.8. The molecular formula is C24H32N2O. The number of nitrogens with one attached hydrogen (secondary N) is 1. The Morgan fingerprint density at radius 1 is 1.26 bits per heavy atom. The lowest BCUT2D eigenvalue weighted by Crippen LogP contribution is -2.44. The largest absolute Gasteiger partial charge is 0.372 e. The van der Waals surface area contributed by atoms with Crippen molar-refractivity contribution in [2.75, 3.05) is 13.1 Å². The van der Waals surface area contributed by atoms with E-state index in [2.05, 4.69) is 49.7 Å². The molecule has 0 saturated heterocycles. The molecule has 1 aromatic rings. The predicted octanol–water partition coefficient (Wildman–Crippen LogP) is 5.06. The normalized spacial score (nSPS) is 18.0. The zero-order valence-corrected chi connectivity index (χ0v) is 16.8. The first-order chi connectivity index (χ1) is 13.0. The van der Waals surface area contributed by atoms with Crippen LogP contribution in [0.3, 0.4) is 0 Å². The number of amides is 1. The third-order valence-corrected chi connectivity index (χ3v) is 6.14. The highest BCUT2D eigenvalue weighted by molar-refractivity contribution is 6.04. The minimum absolute atomic E-state index is 0.0420. The van der Waals surface area contributed by atoms with Gasteiger partial charge in [-0.2, -0.15) is 0 Å². The summed E-state index contributed by atoms with van der Waals surface area (Å²) in [5.74, 6) is 0.752. The maximum atomic E-state index is 13.8. The molecule has 0 atom stereocenters. The van der Waals surface area contributed by atoms with Gasteiger partial charge in [-0.15, -0.1) is 6.58 Å². The highest BCUT2D eigenvalue weighted by Gasteiger charge is 2.44. The van der Waals surface area contributed by atoms with Gasteiger partial charge in [0.05, 0.1) is 0 Å². The third kappa shape index (κ3) is 3.60. The smallest absolute Gasteiger partial charge is 0.256 e. The zero-order chi connectivity index (χ0) is 19.4. The van der Waals surface area contributed by atoms with Crippen molar-refractivity contribution in [3.05, 3.63) is 66.0 Å². The van der Waals surface area contributed by atoms with Crippen molar-refractivity contribution in [1.82, 2.24) is 10.2 Å². The van der Waals surface area contributed by atoms with Crippen LogP contribution in [-0.2, 0) is 11.2 Å². The van der Waals surface area contributed by atoms with Crippen LogP contribution < -0.4 is 5.32 Å². The first kappa shape index (κ1) is 19.5. The Kier molecular flexibility index (Phi) is 5.88. The van der Waals surface area contributed by atoms with E-state index in [0.717, 1.165) is 37.0 Å². The molecule has 1 N–H and O–H groups in total. The number of benzene rings is 1. The van der Waals surface area contributed by atoms with Crippen LogP contribution in [0.1, 0.15) is 57.1 Å². The second kappa shape index (κ2) is 8.16. The second-order valence-corrected chi connectivity index (χ2v) is 7.86. The SMILES string of the molecule is C=CCN(C(=C)NCC)C(=O)C1=C(C)c2ccccc2CC12CCCCC2. The predicted molar refractivity (Wildman–Crippen MR) is 113 cm³/mol. The van der Waals surface area contributed by atoms with Crippen molar-refractivity contribution in [2.24, 2.45) is 5.41 Å². The molecule has 0 aliphatic heterocycles. The number of nitrogens with zero attached hydrogens (tertiary/aromatic N) is 1. The summed E-state index contributed by atoms with van der Waals surface area (Å²) in [6, 6.07) is 8.58. The van der Waals surface area contributed by atoms with E-state index in [-0.39, 0.29) is 11.3 Å². The van der Waals surface area contributed by atoms with E-state index in [9.17, 15) is 4.79 Å². The number of rotatable bonds is 6. The maximum Gasteiger partial charge on any atom is 0.256 e. The summed E-state index contributed by atoms with van der Waals surface area (Å²) in [4.78, 5) is 15.6. The summed E-state index contributed by atoms with van der Waals surface area (Å²) in [7, 11) is 0. The molecule has 0 heterocycles. The van der Waals surface area contributed by atoms with Gasteiger partial charge in [-0.1, -0.05) is 56.2 Å². The Balaban J connectivity index is 2.10. The average Bonchev–Trinajstić information content (AvgIpc) is 2.66. The molecule has 0 bridgehead atoms. The summed E-state index contributed by atoms with van der Waals surface area (Å²) in [6.45, 7) is 13.3. The summed E-state index contributed by atoms with van der Waals surface area (Å²) >= 11 is 0. The van der Waals surface area contributed by atoms with Crippen LogP contribution in [-0.4, -0.2) is 23.9 Å². The first-order valence-corrected chi connectivity index (χ1v) is 10.2. The van der Waals surface area contributed by atoms with Gasteiger partial charge in [0.1, 0.15) is 5.82 Å². The Morgan fingerprint density at radius 3 is 2.63 bits per heavy atom. The van der Waals surface area contributed by atoms with Crippen molar-refractivity contribution >= 4 is 11.5 Å². The van der Waals surface area contributed by atoms with E-state index in [1.54, 1.807) is 11.0 Å². The van der Waals surface area contributed by atoms with Crippen molar-refractivity contribution in [3.8, 4) is 0 Å². The van der Waals surface area contributed by atoms with Gasteiger partial charge in [0, 0.05) is 24.1 Å². The van der Waals surface area contributed by atoms with Gasteiger partial charge in [0.2, 0.25) is 0 Å². The van der Waals surface area contributed by atoms with Crippen LogP contribution in [0.15, 0.2) is 54.9 Å². The molecule has 3 rings (SSSR count). The van der Waals surface area contributed by atoms with Gasteiger partial charge >= 0.3 is 0 Å². The Hall–Kier alpha value is -2.29. The zero-order valence-electron chi connectivity index (χ0n) is 16.8. The van der Waals surface area contributed by atoms with Crippen LogP contribution in [0.25, 0.3) is 5.57 Å². The summed E-state index contributed by atoms with van der Waals surface area (Å²) < 4.78 is 0. The van der Waals surface area contributed by atoms with E-state index in [1.807, 2.05) is 6.92 Å². The topological polar surface area (TPSA) is 32.3 Å². The van der Waals surface area contributed by atoms with Gasteiger partial charge in [0.15, 0.2) is 0 Å². The molecule has 144 valence electrons. The molecule has 3 heteroatoms. The molecule has 1 spiro atoms. The van der Waals surface area contributed by atoms with E-state index >= 15 is 0 Å². The van der Waals surface area contributed by atoms with Crippen molar-refractivity contribution in [1.29, 1.82) is 0 Å². The van der Waals surface area contributed by atoms with Crippen LogP contribution in [0.4, 0.5) is 0 Å². The Bertz CT molecular complexity index is 768. The van der Waals surface area contributed by atoms with Crippen LogP contribution in [0.5, 0.6) is 0 Å². The van der Waals surface area contributed by atoms with Crippen molar-refractivity contribution in [2.45, 2.75) is 52.4 Å². The number of carbonyl (C=O) groups excluding carboxylic acids is 1. The number of carbonyl (C=O) groups is 1. The van der Waals surface area contributed by atoms with Gasteiger partial charge in [-0.05, 0) is 49.8 Å². The average molecular weight is 365 g/mol. The highest BCUT2D eigenvalue weighted by atomic mass is 16.2. The molecule has 0 aromatic heterocycles. The van der Waals surface area contributed by atoms with E-state index in [4.69, 9.17) is 0 Å². The number of hydrogen-bond donors (Lipinski definition) is 1. The number of hydrogen-bond acceptors (Lipinski definition) is 2. The van der Waals surface area contributed by atoms with Gasteiger partial charge in [-0.3, -0.25) is 9.69 Å². The monoisotopic (exact) mass is 364 g/mol. The quantitative estimate of drug-likeness (QED) is 0.715. The van der Waals surface area contributed by atoms with E-state index in [1.165, 1.54) is 30.4 Å². The van der Waals surface area contributed by atoms with Gasteiger partial charge in [-0.25, -0.2) is 0 Å². The molecule has 3 nitrogen and oxygen atoms in total. The Labute approximate surface area is 163 Å². The van der Waals surface area contributed by atoms with E-state index < -0.39 is 0 Å². The number of fused-ring (bicyclic) bond motifs is 1. The Morgan fingerprint density at radius 2 is 1.96 bits per heavy atom. The molecule has 1 aromatic carbocycles. The number of allylic oxidation sites excluding steroid dienone is 1. The molecule has 0 unspecified atom stereocenters. The molecule has 1 fully saturated rings. The second-order valence-electron chi connectivity index (χ2n) is 7.86. The van der Waals surface area contributed by atoms with Crippen LogP contribution >= 0.6 is 0 Å². The fourth-order valence-electron chi connectivity index (χ4n) is 4.95. The molecule has 2 aliphatic rings. The minimum Gasteiger partial charge on any atom is -0.372 e. The van der Waals surface area contributed by atoms with Gasteiger partial charge in [0.25, 0.3) is 5.91 Å². The molecule has 1 saturated carbocycles. The molecular weight excluding hydrogens is 332 g/mol. The van der Waals surface area contributed by atoms with Crippen LogP contribution in [0.2, 0.25) is 0 Å². The highest BCUT2D eigenvalue weighted by Crippen LogP contribution is 2.51. The minimum atomic E-state index is -0.0420. The molecule has 1 amide bonds.